The van der Waals surface area contributed by atoms with Gasteiger partial charge in [0, 0.05) is 44.1 Å². The normalized spacial score (nSPS) is 19.8. The highest BCUT2D eigenvalue weighted by Crippen LogP contribution is 2.10. The van der Waals surface area contributed by atoms with E-state index >= 15 is 0 Å². The lowest BCUT2D eigenvalue weighted by molar-refractivity contribution is -0.135. The van der Waals surface area contributed by atoms with Gasteiger partial charge < -0.3 is 15.8 Å². The number of carbonyl (C=O) groups is 1. The van der Waals surface area contributed by atoms with E-state index in [9.17, 15) is 4.79 Å². The van der Waals surface area contributed by atoms with Crippen molar-refractivity contribution >= 4 is 11.9 Å². The van der Waals surface area contributed by atoms with E-state index < -0.39 is 12.0 Å². The minimum atomic E-state index is -0.518. The molecule has 2 rings (SSSR count). The van der Waals surface area contributed by atoms with Crippen LogP contribution in [-0.4, -0.2) is 53.1 Å². The molecule has 1 aromatic heterocycles. The molecule has 7 nitrogen and oxygen atoms in total. The zero-order chi connectivity index (χ0) is 14.4. The summed E-state index contributed by atoms with van der Waals surface area (Å²) in [6.07, 6.45) is 4.13. The van der Waals surface area contributed by atoms with Crippen molar-refractivity contribution in [2.24, 2.45) is 5.73 Å². The van der Waals surface area contributed by atoms with Gasteiger partial charge in [0.15, 0.2) is 0 Å². The van der Waals surface area contributed by atoms with Crippen molar-refractivity contribution in [3.8, 4) is 0 Å². The van der Waals surface area contributed by atoms with Crippen LogP contribution >= 0.6 is 0 Å². The van der Waals surface area contributed by atoms with Crippen molar-refractivity contribution in [1.82, 2.24) is 14.9 Å². The summed E-state index contributed by atoms with van der Waals surface area (Å²) in [6, 6.07) is 0. The molecule has 7 heteroatoms. The molecular formula is C13H21N5O2. The number of aromatic nitrogens is 2. The Hall–Kier alpha value is -1.73. The van der Waals surface area contributed by atoms with Crippen molar-refractivity contribution in [1.29, 1.82) is 0 Å². The Kier molecular flexibility index (Phi) is 5.25. The van der Waals surface area contributed by atoms with Crippen LogP contribution in [0.25, 0.3) is 0 Å². The molecule has 0 aliphatic carbocycles. The first-order valence-electron chi connectivity index (χ1n) is 6.87. The second kappa shape index (κ2) is 7.16. The Morgan fingerprint density at radius 1 is 1.55 bits per heavy atom. The van der Waals surface area contributed by atoms with Crippen molar-refractivity contribution in [2.75, 3.05) is 31.6 Å². The molecule has 1 aromatic rings. The van der Waals surface area contributed by atoms with Gasteiger partial charge in [-0.1, -0.05) is 6.92 Å². The third-order valence-electron chi connectivity index (χ3n) is 3.11. The number of amides is 1. The first kappa shape index (κ1) is 14.7. The summed E-state index contributed by atoms with van der Waals surface area (Å²) in [5, 5.41) is 3.13. The lowest BCUT2D eigenvalue weighted by Gasteiger charge is -2.31. The van der Waals surface area contributed by atoms with Gasteiger partial charge in [-0.15, -0.1) is 0 Å². The van der Waals surface area contributed by atoms with E-state index in [1.165, 1.54) is 0 Å². The maximum Gasteiger partial charge on any atom is 0.247 e. The van der Waals surface area contributed by atoms with Gasteiger partial charge in [0.05, 0.1) is 6.61 Å². The van der Waals surface area contributed by atoms with E-state index in [1.807, 2.05) is 0 Å². The second-order valence-corrected chi connectivity index (χ2v) is 4.84. The van der Waals surface area contributed by atoms with Crippen LogP contribution in [0.1, 0.15) is 18.9 Å². The SMILES string of the molecule is CCCNc1ncc(CN2CCO[C@H](C(N)=O)C2)cn1. The standard InChI is InChI=1S/C13H21N5O2/c1-2-3-15-13-16-6-10(7-17-13)8-18-4-5-20-11(9-18)12(14)19/h6-7,11H,2-5,8-9H2,1H3,(H2,14,19)(H,15,16,17)/t11-/m0/s1. The maximum atomic E-state index is 11.1. The van der Waals surface area contributed by atoms with Gasteiger partial charge in [-0.2, -0.15) is 0 Å². The fourth-order valence-corrected chi connectivity index (χ4v) is 2.04. The number of anilines is 1. The minimum Gasteiger partial charge on any atom is -0.367 e. The number of ether oxygens (including phenoxy) is 1. The number of hydrogen-bond acceptors (Lipinski definition) is 6. The van der Waals surface area contributed by atoms with E-state index in [0.29, 0.717) is 25.6 Å². The van der Waals surface area contributed by atoms with Gasteiger partial charge in [-0.25, -0.2) is 9.97 Å². The molecule has 1 aliphatic rings. The van der Waals surface area contributed by atoms with Crippen molar-refractivity contribution < 1.29 is 9.53 Å². The van der Waals surface area contributed by atoms with Crippen LogP contribution < -0.4 is 11.1 Å². The lowest BCUT2D eigenvalue weighted by atomic mass is 10.2. The van der Waals surface area contributed by atoms with Crippen LogP contribution in [-0.2, 0) is 16.1 Å². The Balaban J connectivity index is 1.87. The van der Waals surface area contributed by atoms with E-state index in [4.69, 9.17) is 10.5 Å². The van der Waals surface area contributed by atoms with Crippen LogP contribution in [0.2, 0.25) is 0 Å². The summed E-state index contributed by atoms with van der Waals surface area (Å²) < 4.78 is 5.31. The van der Waals surface area contributed by atoms with E-state index in [0.717, 1.165) is 25.1 Å². The van der Waals surface area contributed by atoms with Crippen LogP contribution in [0.5, 0.6) is 0 Å². The fourth-order valence-electron chi connectivity index (χ4n) is 2.04. The quantitative estimate of drug-likeness (QED) is 0.760. The van der Waals surface area contributed by atoms with Crippen molar-refractivity contribution in [3.05, 3.63) is 18.0 Å². The van der Waals surface area contributed by atoms with Crippen LogP contribution in [0.4, 0.5) is 5.95 Å². The van der Waals surface area contributed by atoms with Gasteiger partial charge in [-0.3, -0.25) is 9.69 Å². The zero-order valence-electron chi connectivity index (χ0n) is 11.7. The topological polar surface area (TPSA) is 93.4 Å². The third-order valence-corrected chi connectivity index (χ3v) is 3.11. The number of hydrogen-bond donors (Lipinski definition) is 2. The highest BCUT2D eigenvalue weighted by Gasteiger charge is 2.24. The summed E-state index contributed by atoms with van der Waals surface area (Å²) in [5.41, 5.74) is 6.28. The second-order valence-electron chi connectivity index (χ2n) is 4.84. The Labute approximate surface area is 118 Å². The van der Waals surface area contributed by atoms with E-state index in [2.05, 4.69) is 27.1 Å². The van der Waals surface area contributed by atoms with Gasteiger partial charge in [0.25, 0.3) is 0 Å². The first-order chi connectivity index (χ1) is 9.69. The fraction of sp³-hybridized carbons (Fsp3) is 0.615. The van der Waals surface area contributed by atoms with Crippen LogP contribution in [0, 0.1) is 0 Å². The number of rotatable bonds is 6. The molecule has 110 valence electrons. The summed E-state index contributed by atoms with van der Waals surface area (Å²) in [5.74, 6) is 0.234. The first-order valence-corrected chi connectivity index (χ1v) is 6.87. The number of carbonyl (C=O) groups excluding carboxylic acids is 1. The maximum absolute atomic E-state index is 11.1. The molecule has 20 heavy (non-hydrogen) atoms. The number of primary amides is 1. The molecule has 1 aliphatic heterocycles. The van der Waals surface area contributed by atoms with Crippen molar-refractivity contribution in [3.63, 3.8) is 0 Å². The monoisotopic (exact) mass is 279 g/mol. The van der Waals surface area contributed by atoms with Crippen molar-refractivity contribution in [2.45, 2.75) is 26.0 Å². The molecule has 1 fully saturated rings. The largest absolute Gasteiger partial charge is 0.367 e. The van der Waals surface area contributed by atoms with E-state index in [1.54, 1.807) is 12.4 Å². The average Bonchev–Trinajstić information content (AvgIpc) is 2.47. The van der Waals surface area contributed by atoms with Gasteiger partial charge >= 0.3 is 0 Å². The summed E-state index contributed by atoms with van der Waals surface area (Å²) in [4.78, 5) is 21.8. The summed E-state index contributed by atoms with van der Waals surface area (Å²) in [7, 11) is 0. The molecule has 3 N–H and O–H groups in total. The van der Waals surface area contributed by atoms with Gasteiger partial charge in [0.1, 0.15) is 6.10 Å². The van der Waals surface area contributed by atoms with Crippen LogP contribution in [0.15, 0.2) is 12.4 Å². The Morgan fingerprint density at radius 2 is 2.30 bits per heavy atom. The summed E-state index contributed by atoms with van der Waals surface area (Å²) >= 11 is 0. The molecular weight excluding hydrogens is 258 g/mol. The molecule has 2 heterocycles. The molecule has 0 spiro atoms. The minimum absolute atomic E-state index is 0.412. The molecule has 0 saturated carbocycles. The molecule has 0 bridgehead atoms. The average molecular weight is 279 g/mol. The molecule has 1 saturated heterocycles. The molecule has 0 unspecified atom stereocenters. The molecule has 0 radical (unpaired) electrons. The Bertz CT molecular complexity index is 437. The third kappa shape index (κ3) is 4.14. The highest BCUT2D eigenvalue weighted by atomic mass is 16.5. The molecule has 0 aromatic carbocycles. The van der Waals surface area contributed by atoms with Gasteiger partial charge in [0.2, 0.25) is 11.9 Å². The Morgan fingerprint density at radius 3 is 2.95 bits per heavy atom. The van der Waals surface area contributed by atoms with E-state index in [-0.39, 0.29) is 0 Å². The molecule has 1 amide bonds. The zero-order valence-corrected chi connectivity index (χ0v) is 11.7. The molecule has 1 atom stereocenters. The smallest absolute Gasteiger partial charge is 0.247 e. The van der Waals surface area contributed by atoms with Gasteiger partial charge in [-0.05, 0) is 6.42 Å². The van der Waals surface area contributed by atoms with Crippen LogP contribution in [0.3, 0.4) is 0 Å². The summed E-state index contributed by atoms with van der Waals surface area (Å²) in [6.45, 7) is 5.47. The predicted molar refractivity (Wildman–Crippen MR) is 75.0 cm³/mol. The predicted octanol–water partition coefficient (Wildman–Crippen LogP) is -0.0154. The number of nitrogens with two attached hydrogens (primary N) is 1. The number of nitrogens with zero attached hydrogens (tertiary/aromatic N) is 3. The number of morpholine rings is 1. The highest BCUT2D eigenvalue weighted by molar-refractivity contribution is 5.79. The lowest BCUT2D eigenvalue weighted by Crippen LogP contribution is -2.47. The number of nitrogens with one attached hydrogen (secondary N) is 1.